The van der Waals surface area contributed by atoms with E-state index in [0.29, 0.717) is 18.8 Å². The number of carbonyl (C=O) groups is 2. The van der Waals surface area contributed by atoms with Crippen LogP contribution in [-0.2, 0) is 24.2 Å². The fraction of sp³-hybridized carbons (Fsp3) is 0.500. The summed E-state index contributed by atoms with van der Waals surface area (Å²) in [6.07, 6.45) is 8.58. The molecule has 5 rings (SSSR count). The Balaban J connectivity index is 1.48. The summed E-state index contributed by atoms with van der Waals surface area (Å²) < 4.78 is 3.23. The van der Waals surface area contributed by atoms with E-state index in [2.05, 4.69) is 35.0 Å². The fourth-order valence-electron chi connectivity index (χ4n) is 5.56. The fourth-order valence-corrected chi connectivity index (χ4v) is 6.60. The summed E-state index contributed by atoms with van der Waals surface area (Å²) in [7, 11) is 0. The molecule has 2 amide bonds. The standard InChI is InChI=1S/C28H35N3O2S/c1-3-22-17-23-25(34-22)18-24-26(32)31(16-15-20-11-7-6-8-12-20)28(2,19-30(23)24)27(33)29-21-13-9-4-5-10-14-21/h6-8,11-12,17-18,21H,3-5,9-10,13-16,19H2,1-2H3,(H,29,33)/t28-/m1/s1. The third-order valence-electron chi connectivity index (χ3n) is 7.66. The molecular weight excluding hydrogens is 442 g/mol. The minimum atomic E-state index is -0.925. The molecule has 1 aliphatic carbocycles. The second-order valence-corrected chi connectivity index (χ2v) is 11.2. The summed E-state index contributed by atoms with van der Waals surface area (Å²) in [6.45, 7) is 5.13. The number of hydrogen-bond acceptors (Lipinski definition) is 3. The number of amides is 2. The number of hydrogen-bond donors (Lipinski definition) is 1. The highest BCUT2D eigenvalue weighted by atomic mass is 32.1. The molecule has 180 valence electrons. The molecule has 1 saturated carbocycles. The van der Waals surface area contributed by atoms with E-state index in [0.717, 1.165) is 48.7 Å². The number of benzene rings is 1. The van der Waals surface area contributed by atoms with Gasteiger partial charge in [-0.2, -0.15) is 0 Å². The second kappa shape index (κ2) is 9.57. The van der Waals surface area contributed by atoms with Gasteiger partial charge in [-0.1, -0.05) is 62.9 Å². The SMILES string of the molecule is CCc1cc2c(cc3n2C[C@](C)(C(=O)NC2CCCCCC2)N(CCc2ccccc2)C3=O)s1. The average molecular weight is 478 g/mol. The van der Waals surface area contributed by atoms with Crippen LogP contribution in [0.1, 0.15) is 73.3 Å². The van der Waals surface area contributed by atoms with Crippen molar-refractivity contribution in [2.45, 2.75) is 83.3 Å². The Kier molecular flexibility index (Phi) is 6.52. The van der Waals surface area contributed by atoms with Crippen LogP contribution in [0.15, 0.2) is 42.5 Å². The normalized spacial score (nSPS) is 21.5. The molecule has 2 aromatic heterocycles. The van der Waals surface area contributed by atoms with E-state index in [1.807, 2.05) is 36.1 Å². The zero-order valence-electron chi connectivity index (χ0n) is 20.3. The van der Waals surface area contributed by atoms with Crippen LogP contribution in [0.4, 0.5) is 0 Å². The maximum Gasteiger partial charge on any atom is 0.271 e. The average Bonchev–Trinajstić information content (AvgIpc) is 3.28. The number of nitrogens with zero attached hydrogens (tertiary/aromatic N) is 2. The molecule has 1 atom stereocenters. The van der Waals surface area contributed by atoms with Crippen LogP contribution in [-0.4, -0.2) is 39.4 Å². The van der Waals surface area contributed by atoms with E-state index in [9.17, 15) is 9.59 Å². The number of nitrogens with one attached hydrogen (secondary N) is 1. The monoisotopic (exact) mass is 477 g/mol. The van der Waals surface area contributed by atoms with Gasteiger partial charge in [0.15, 0.2) is 0 Å². The van der Waals surface area contributed by atoms with Crippen LogP contribution >= 0.6 is 11.3 Å². The summed E-state index contributed by atoms with van der Waals surface area (Å²) in [6, 6.07) is 14.7. The van der Waals surface area contributed by atoms with Crippen molar-refractivity contribution in [3.05, 3.63) is 58.6 Å². The first-order valence-corrected chi connectivity index (χ1v) is 13.6. The molecule has 0 unspecified atom stereocenters. The Bertz CT molecular complexity index is 1170. The highest BCUT2D eigenvalue weighted by molar-refractivity contribution is 7.19. The topological polar surface area (TPSA) is 54.3 Å². The molecule has 2 aliphatic rings. The number of aryl methyl sites for hydroxylation is 1. The van der Waals surface area contributed by atoms with Gasteiger partial charge in [-0.05, 0) is 50.3 Å². The van der Waals surface area contributed by atoms with Gasteiger partial charge < -0.3 is 14.8 Å². The van der Waals surface area contributed by atoms with Crippen LogP contribution in [0, 0.1) is 0 Å². The molecule has 6 heteroatoms. The molecule has 3 aromatic rings. The molecule has 3 heterocycles. The van der Waals surface area contributed by atoms with Crippen LogP contribution in [0.5, 0.6) is 0 Å². The van der Waals surface area contributed by atoms with E-state index in [-0.39, 0.29) is 17.9 Å². The first kappa shape index (κ1) is 23.2. The van der Waals surface area contributed by atoms with Crippen molar-refractivity contribution < 1.29 is 9.59 Å². The highest BCUT2D eigenvalue weighted by Crippen LogP contribution is 2.36. The molecule has 0 radical (unpaired) electrons. The van der Waals surface area contributed by atoms with Crippen molar-refractivity contribution in [2.75, 3.05) is 6.54 Å². The van der Waals surface area contributed by atoms with Crippen molar-refractivity contribution in [1.29, 1.82) is 0 Å². The lowest BCUT2D eigenvalue weighted by Gasteiger charge is -2.44. The zero-order chi connectivity index (χ0) is 23.7. The third-order valence-corrected chi connectivity index (χ3v) is 8.88. The Morgan fingerprint density at radius 2 is 1.85 bits per heavy atom. The minimum Gasteiger partial charge on any atom is -0.351 e. The Morgan fingerprint density at radius 1 is 1.12 bits per heavy atom. The minimum absolute atomic E-state index is 0.0146. The van der Waals surface area contributed by atoms with E-state index in [1.54, 1.807) is 11.3 Å². The van der Waals surface area contributed by atoms with E-state index >= 15 is 0 Å². The predicted molar refractivity (Wildman–Crippen MR) is 138 cm³/mol. The lowest BCUT2D eigenvalue weighted by Crippen LogP contribution is -2.65. The summed E-state index contributed by atoms with van der Waals surface area (Å²) in [5.41, 5.74) is 2.04. The molecule has 1 aromatic carbocycles. The molecule has 1 aliphatic heterocycles. The molecule has 5 nitrogen and oxygen atoms in total. The van der Waals surface area contributed by atoms with Crippen molar-refractivity contribution in [2.24, 2.45) is 0 Å². The maximum atomic E-state index is 13.9. The van der Waals surface area contributed by atoms with Crippen LogP contribution in [0.2, 0.25) is 0 Å². The highest BCUT2D eigenvalue weighted by Gasteiger charge is 2.48. The Labute approximate surface area is 206 Å². The van der Waals surface area contributed by atoms with E-state index in [1.165, 1.54) is 23.3 Å². The van der Waals surface area contributed by atoms with Crippen molar-refractivity contribution in [3.8, 4) is 0 Å². The molecule has 1 N–H and O–H groups in total. The maximum absolute atomic E-state index is 13.9. The second-order valence-electron chi connectivity index (χ2n) is 10.1. The van der Waals surface area contributed by atoms with Crippen molar-refractivity contribution in [1.82, 2.24) is 14.8 Å². The first-order chi connectivity index (χ1) is 16.5. The van der Waals surface area contributed by atoms with Gasteiger partial charge in [0.05, 0.1) is 16.8 Å². The number of carbonyl (C=O) groups excluding carboxylic acids is 2. The summed E-state index contributed by atoms with van der Waals surface area (Å²) in [4.78, 5) is 30.9. The molecule has 34 heavy (non-hydrogen) atoms. The zero-order valence-corrected chi connectivity index (χ0v) is 21.1. The molecule has 0 bridgehead atoms. The van der Waals surface area contributed by atoms with Crippen molar-refractivity contribution in [3.63, 3.8) is 0 Å². The van der Waals surface area contributed by atoms with Gasteiger partial charge in [0, 0.05) is 17.5 Å². The van der Waals surface area contributed by atoms with Gasteiger partial charge in [0.2, 0.25) is 5.91 Å². The summed E-state index contributed by atoms with van der Waals surface area (Å²) >= 11 is 1.75. The van der Waals surface area contributed by atoms with Gasteiger partial charge >= 0.3 is 0 Å². The molecule has 1 fully saturated rings. The lowest BCUT2D eigenvalue weighted by atomic mass is 9.93. The Hall–Kier alpha value is -2.60. The molecular formula is C28H35N3O2S. The smallest absolute Gasteiger partial charge is 0.271 e. The number of fused-ring (bicyclic) bond motifs is 3. The Morgan fingerprint density at radius 3 is 2.56 bits per heavy atom. The van der Waals surface area contributed by atoms with Crippen molar-refractivity contribution >= 4 is 33.4 Å². The van der Waals surface area contributed by atoms with Gasteiger partial charge in [-0.3, -0.25) is 9.59 Å². The summed E-state index contributed by atoms with van der Waals surface area (Å²) in [5, 5.41) is 3.36. The number of thiophene rings is 1. The van der Waals surface area contributed by atoms with E-state index < -0.39 is 5.54 Å². The quantitative estimate of drug-likeness (QED) is 0.473. The number of rotatable bonds is 6. The number of aromatic nitrogens is 1. The van der Waals surface area contributed by atoms with Gasteiger partial charge in [-0.15, -0.1) is 11.3 Å². The first-order valence-electron chi connectivity index (χ1n) is 12.8. The van der Waals surface area contributed by atoms with Gasteiger partial charge in [0.25, 0.3) is 5.91 Å². The summed E-state index contributed by atoms with van der Waals surface area (Å²) in [5.74, 6) is -0.0543. The third kappa shape index (κ3) is 4.28. The molecule has 0 spiro atoms. The van der Waals surface area contributed by atoms with Gasteiger partial charge in [0.1, 0.15) is 11.2 Å². The predicted octanol–water partition coefficient (Wildman–Crippen LogP) is 5.56. The van der Waals surface area contributed by atoms with Crippen LogP contribution in [0.3, 0.4) is 0 Å². The molecule has 0 saturated heterocycles. The van der Waals surface area contributed by atoms with Gasteiger partial charge in [-0.25, -0.2) is 0 Å². The van der Waals surface area contributed by atoms with E-state index in [4.69, 9.17) is 0 Å². The van der Waals surface area contributed by atoms with Crippen LogP contribution < -0.4 is 5.32 Å². The largest absolute Gasteiger partial charge is 0.351 e. The van der Waals surface area contributed by atoms with Crippen LogP contribution in [0.25, 0.3) is 10.2 Å². The lowest BCUT2D eigenvalue weighted by molar-refractivity contribution is -0.133.